The highest BCUT2D eigenvalue weighted by atomic mass is 32.2. The van der Waals surface area contributed by atoms with Crippen LogP contribution in [0.3, 0.4) is 0 Å². The van der Waals surface area contributed by atoms with Gasteiger partial charge in [-0.2, -0.15) is 4.31 Å². The summed E-state index contributed by atoms with van der Waals surface area (Å²) in [4.78, 5) is 4.41. The molecule has 0 N–H and O–H groups in total. The van der Waals surface area contributed by atoms with E-state index in [-0.39, 0.29) is 0 Å². The molecule has 0 bridgehead atoms. The van der Waals surface area contributed by atoms with Crippen molar-refractivity contribution in [1.82, 2.24) is 14.5 Å². The molecule has 0 unspecified atom stereocenters. The molecule has 1 fully saturated rings. The summed E-state index contributed by atoms with van der Waals surface area (Å²) >= 11 is 0. The Bertz CT molecular complexity index is 895. The number of aryl methyl sites for hydroxylation is 3. The Kier molecular flexibility index (Phi) is 5.39. The highest BCUT2D eigenvalue weighted by molar-refractivity contribution is 7.89. The van der Waals surface area contributed by atoms with E-state index in [1.807, 2.05) is 64.0 Å². The zero-order chi connectivity index (χ0) is 19.8. The van der Waals surface area contributed by atoms with Gasteiger partial charge in [-0.15, -0.1) is 10.2 Å². The van der Waals surface area contributed by atoms with Gasteiger partial charge in [0.25, 0.3) is 0 Å². The highest BCUT2D eigenvalue weighted by Gasteiger charge is 2.31. The van der Waals surface area contributed by atoms with Gasteiger partial charge in [-0.25, -0.2) is 8.42 Å². The Hall–Kier alpha value is -2.19. The predicted octanol–water partition coefficient (Wildman–Crippen LogP) is 1.98. The average Bonchev–Trinajstić information content (AvgIpc) is 2.61. The third-order valence-corrected chi connectivity index (χ3v) is 7.06. The van der Waals surface area contributed by atoms with Crippen LogP contribution in [0.1, 0.15) is 16.7 Å². The van der Waals surface area contributed by atoms with Crippen LogP contribution in [0, 0.1) is 20.8 Å². The lowest BCUT2D eigenvalue weighted by molar-refractivity contribution is 0.383. The van der Waals surface area contributed by atoms with E-state index < -0.39 is 10.0 Å². The number of piperazine rings is 1. The van der Waals surface area contributed by atoms with Crippen LogP contribution in [0.4, 0.5) is 11.6 Å². The topological polar surface area (TPSA) is 69.6 Å². The SMILES string of the molecule is Cc1cc(C)c(S(=O)(=O)N2CCN(c3ccc(N(C)C)nn3)CC2)c(C)c1. The summed E-state index contributed by atoms with van der Waals surface area (Å²) in [6.45, 7) is 7.78. The van der Waals surface area contributed by atoms with Crippen molar-refractivity contribution in [2.75, 3.05) is 50.1 Å². The molecule has 1 aliphatic heterocycles. The Balaban J connectivity index is 1.75. The number of nitrogens with zero attached hydrogens (tertiary/aromatic N) is 5. The van der Waals surface area contributed by atoms with Crippen molar-refractivity contribution in [3.8, 4) is 0 Å². The van der Waals surface area contributed by atoms with Crippen molar-refractivity contribution in [1.29, 1.82) is 0 Å². The molecule has 146 valence electrons. The molecule has 0 amide bonds. The van der Waals surface area contributed by atoms with Crippen molar-refractivity contribution in [3.63, 3.8) is 0 Å². The van der Waals surface area contributed by atoms with Crippen molar-refractivity contribution < 1.29 is 8.42 Å². The zero-order valence-electron chi connectivity index (χ0n) is 16.6. The molecule has 0 aliphatic carbocycles. The largest absolute Gasteiger partial charge is 0.361 e. The molecular formula is C19H27N5O2S. The minimum Gasteiger partial charge on any atom is -0.361 e. The standard InChI is InChI=1S/C19H27N5O2S/c1-14-12-15(2)19(16(3)13-14)27(25,26)24-10-8-23(9-11-24)18-7-6-17(20-21-18)22(4)5/h6-7,12-13H,8-11H2,1-5H3. The van der Waals surface area contributed by atoms with E-state index in [0.29, 0.717) is 31.1 Å². The number of sulfonamides is 1. The quantitative estimate of drug-likeness (QED) is 0.796. The molecule has 1 aliphatic rings. The number of aromatic nitrogens is 2. The minimum atomic E-state index is -3.50. The second kappa shape index (κ2) is 7.44. The van der Waals surface area contributed by atoms with E-state index in [1.54, 1.807) is 4.31 Å². The molecule has 0 atom stereocenters. The van der Waals surface area contributed by atoms with Crippen LogP contribution in [0.25, 0.3) is 0 Å². The average molecular weight is 390 g/mol. The van der Waals surface area contributed by atoms with Gasteiger partial charge in [0.1, 0.15) is 0 Å². The van der Waals surface area contributed by atoms with Gasteiger partial charge < -0.3 is 9.80 Å². The molecular weight excluding hydrogens is 362 g/mol. The number of anilines is 2. The van der Waals surface area contributed by atoms with E-state index in [4.69, 9.17) is 0 Å². The Morgan fingerprint density at radius 3 is 2.00 bits per heavy atom. The first-order valence-electron chi connectivity index (χ1n) is 9.04. The molecule has 3 rings (SSSR count). The molecule has 0 spiro atoms. The summed E-state index contributed by atoms with van der Waals surface area (Å²) in [6, 6.07) is 7.71. The van der Waals surface area contributed by atoms with Crippen LogP contribution < -0.4 is 9.80 Å². The van der Waals surface area contributed by atoms with Gasteiger partial charge in [-0.3, -0.25) is 0 Å². The number of hydrogen-bond donors (Lipinski definition) is 0. The summed E-state index contributed by atoms with van der Waals surface area (Å²) < 4.78 is 27.9. The zero-order valence-corrected chi connectivity index (χ0v) is 17.4. The van der Waals surface area contributed by atoms with E-state index >= 15 is 0 Å². The molecule has 1 aromatic carbocycles. The lowest BCUT2D eigenvalue weighted by Gasteiger charge is -2.35. The maximum atomic E-state index is 13.2. The smallest absolute Gasteiger partial charge is 0.243 e. The molecule has 2 aromatic rings. The van der Waals surface area contributed by atoms with Crippen LogP contribution in [0.2, 0.25) is 0 Å². The fraction of sp³-hybridized carbons (Fsp3) is 0.474. The van der Waals surface area contributed by atoms with Crippen molar-refractivity contribution >= 4 is 21.7 Å². The first-order chi connectivity index (χ1) is 12.7. The van der Waals surface area contributed by atoms with Gasteiger partial charge in [0, 0.05) is 40.3 Å². The molecule has 7 nitrogen and oxygen atoms in total. The summed E-state index contributed by atoms with van der Waals surface area (Å²) in [6.07, 6.45) is 0. The number of rotatable bonds is 4. The monoisotopic (exact) mass is 389 g/mol. The van der Waals surface area contributed by atoms with Crippen molar-refractivity contribution in [3.05, 3.63) is 41.0 Å². The molecule has 2 heterocycles. The Labute approximate surface area is 161 Å². The molecule has 1 saturated heterocycles. The van der Waals surface area contributed by atoms with Gasteiger partial charge in [0.15, 0.2) is 11.6 Å². The Morgan fingerprint density at radius 1 is 0.926 bits per heavy atom. The maximum absolute atomic E-state index is 13.2. The van der Waals surface area contributed by atoms with Crippen LogP contribution in [0.5, 0.6) is 0 Å². The second-order valence-corrected chi connectivity index (χ2v) is 9.14. The summed E-state index contributed by atoms with van der Waals surface area (Å²) in [7, 11) is 0.338. The molecule has 0 radical (unpaired) electrons. The Morgan fingerprint density at radius 2 is 1.52 bits per heavy atom. The summed E-state index contributed by atoms with van der Waals surface area (Å²) in [5.74, 6) is 1.57. The highest BCUT2D eigenvalue weighted by Crippen LogP contribution is 2.26. The lowest BCUT2D eigenvalue weighted by atomic mass is 10.1. The van der Waals surface area contributed by atoms with E-state index in [2.05, 4.69) is 15.1 Å². The number of benzene rings is 1. The molecule has 1 aromatic heterocycles. The lowest BCUT2D eigenvalue weighted by Crippen LogP contribution is -2.49. The normalized spacial score (nSPS) is 15.8. The second-order valence-electron chi connectivity index (χ2n) is 7.26. The molecule has 8 heteroatoms. The van der Waals surface area contributed by atoms with Gasteiger partial charge in [0.2, 0.25) is 10.0 Å². The van der Waals surface area contributed by atoms with Crippen LogP contribution in [0.15, 0.2) is 29.2 Å². The fourth-order valence-corrected chi connectivity index (χ4v) is 5.42. The predicted molar refractivity (Wildman–Crippen MR) is 108 cm³/mol. The fourth-order valence-electron chi connectivity index (χ4n) is 3.59. The third kappa shape index (κ3) is 3.91. The summed E-state index contributed by atoms with van der Waals surface area (Å²) in [5.41, 5.74) is 2.69. The first kappa shape index (κ1) is 19.6. The van der Waals surface area contributed by atoms with Crippen LogP contribution in [-0.4, -0.2) is 63.2 Å². The first-order valence-corrected chi connectivity index (χ1v) is 10.5. The minimum absolute atomic E-state index is 0.437. The van der Waals surface area contributed by atoms with Crippen LogP contribution >= 0.6 is 0 Å². The maximum Gasteiger partial charge on any atom is 0.243 e. The van der Waals surface area contributed by atoms with Gasteiger partial charge in [-0.1, -0.05) is 17.7 Å². The van der Waals surface area contributed by atoms with Crippen molar-refractivity contribution in [2.24, 2.45) is 0 Å². The third-order valence-electron chi connectivity index (χ3n) is 4.86. The van der Waals surface area contributed by atoms with E-state index in [0.717, 1.165) is 28.3 Å². The van der Waals surface area contributed by atoms with Gasteiger partial charge in [0.05, 0.1) is 4.90 Å². The van der Waals surface area contributed by atoms with Crippen molar-refractivity contribution in [2.45, 2.75) is 25.7 Å². The van der Waals surface area contributed by atoms with Gasteiger partial charge in [-0.05, 0) is 44.0 Å². The summed E-state index contributed by atoms with van der Waals surface area (Å²) in [5, 5.41) is 8.48. The van der Waals surface area contributed by atoms with E-state index in [1.165, 1.54) is 0 Å². The number of hydrogen-bond acceptors (Lipinski definition) is 6. The van der Waals surface area contributed by atoms with Crippen LogP contribution in [-0.2, 0) is 10.0 Å². The molecule has 0 saturated carbocycles. The molecule has 27 heavy (non-hydrogen) atoms. The van der Waals surface area contributed by atoms with E-state index in [9.17, 15) is 8.42 Å². The van der Waals surface area contributed by atoms with Gasteiger partial charge >= 0.3 is 0 Å².